The molecule has 9 nitrogen and oxygen atoms in total. The van der Waals surface area contributed by atoms with Crippen LogP contribution in [0.2, 0.25) is 0 Å². The number of β-lactam (4-membered cyclic amide) rings is 1. The standard InChI is InChI=1S/C20H21N5O4S2/c1-9-13(16(20(28)29)25-15(9)14(10(2)26)17(25)27)12-6-24-8-23(5-11-4-21-7-22-11)18(30-3)19(24)31-12/h4,6-10,14-15,26H,5H2,1-3H3,(H-,21,22,28,29)/p+1/t9-,10+,14+,15+/m0/s1. The van der Waals surface area contributed by atoms with Crippen LogP contribution in [0.4, 0.5) is 0 Å². The van der Waals surface area contributed by atoms with Gasteiger partial charge in [0.25, 0.3) is 6.33 Å². The topological polar surface area (TPSA) is 115 Å². The highest BCUT2D eigenvalue weighted by Gasteiger charge is 2.60. The molecule has 2 aliphatic rings. The van der Waals surface area contributed by atoms with E-state index in [9.17, 15) is 19.8 Å². The van der Waals surface area contributed by atoms with Crippen LogP contribution in [0.3, 0.4) is 0 Å². The van der Waals surface area contributed by atoms with Gasteiger partial charge in [-0.25, -0.2) is 14.3 Å². The second-order valence-electron chi connectivity index (χ2n) is 7.96. The van der Waals surface area contributed by atoms with E-state index >= 15 is 0 Å². The molecule has 0 aliphatic carbocycles. The third-order valence-corrected chi connectivity index (χ3v) is 8.22. The minimum atomic E-state index is -1.11. The van der Waals surface area contributed by atoms with Crippen molar-refractivity contribution in [1.29, 1.82) is 0 Å². The Labute approximate surface area is 186 Å². The van der Waals surface area contributed by atoms with Gasteiger partial charge in [0.05, 0.1) is 41.2 Å². The zero-order valence-electron chi connectivity index (χ0n) is 17.1. The summed E-state index contributed by atoms with van der Waals surface area (Å²) < 4.78 is 4.13. The van der Waals surface area contributed by atoms with E-state index in [1.54, 1.807) is 31.2 Å². The number of imidazole rings is 2. The zero-order chi connectivity index (χ0) is 22.0. The number of rotatable bonds is 6. The van der Waals surface area contributed by atoms with Crippen molar-refractivity contribution in [3.8, 4) is 0 Å². The minimum absolute atomic E-state index is 0.0416. The number of aliphatic hydroxyl groups excluding tert-OH is 1. The van der Waals surface area contributed by atoms with Crippen LogP contribution in [0, 0.1) is 11.8 Å². The molecule has 1 saturated heterocycles. The number of hydrogen-bond acceptors (Lipinski definition) is 6. The van der Waals surface area contributed by atoms with Crippen molar-refractivity contribution >= 4 is 45.4 Å². The summed E-state index contributed by atoms with van der Waals surface area (Å²) >= 11 is 3.14. The van der Waals surface area contributed by atoms with Gasteiger partial charge < -0.3 is 20.1 Å². The molecular formula is C20H22N5O4S2+. The van der Waals surface area contributed by atoms with E-state index in [-0.39, 0.29) is 23.6 Å². The molecule has 1 amide bonds. The molecule has 5 rings (SSSR count). The van der Waals surface area contributed by atoms with E-state index in [0.29, 0.717) is 12.1 Å². The maximum absolute atomic E-state index is 12.6. The number of aromatic amines is 1. The molecule has 5 heterocycles. The van der Waals surface area contributed by atoms with Crippen molar-refractivity contribution in [2.24, 2.45) is 11.8 Å². The van der Waals surface area contributed by atoms with Crippen molar-refractivity contribution in [3.63, 3.8) is 0 Å². The number of aliphatic hydroxyl groups is 1. The molecule has 3 N–H and O–H groups in total. The van der Waals surface area contributed by atoms with Gasteiger partial charge in [-0.15, -0.1) is 0 Å². The summed E-state index contributed by atoms with van der Waals surface area (Å²) in [6, 6.07) is -0.319. The average Bonchev–Trinajstić information content (AvgIpc) is 3.44. The van der Waals surface area contributed by atoms with Crippen LogP contribution >= 0.6 is 23.1 Å². The Kier molecular flexibility index (Phi) is 4.72. The maximum Gasteiger partial charge on any atom is 0.352 e. The third-order valence-electron chi connectivity index (χ3n) is 6.13. The van der Waals surface area contributed by atoms with Crippen molar-refractivity contribution < 1.29 is 24.4 Å². The van der Waals surface area contributed by atoms with Gasteiger partial charge in [-0.2, -0.15) is 4.40 Å². The number of carboxylic acid groups (broad SMARTS) is 1. The van der Waals surface area contributed by atoms with Crippen molar-refractivity contribution in [2.45, 2.75) is 37.6 Å². The first-order valence-corrected chi connectivity index (χ1v) is 11.9. The first kappa shape index (κ1) is 20.3. The molecule has 0 saturated carbocycles. The number of thioether (sulfide) groups is 1. The van der Waals surface area contributed by atoms with E-state index < -0.39 is 18.0 Å². The molecule has 0 unspecified atom stereocenters. The number of amides is 1. The van der Waals surface area contributed by atoms with E-state index in [2.05, 4.69) is 14.5 Å². The molecule has 0 spiro atoms. The first-order valence-electron chi connectivity index (χ1n) is 9.87. The number of fused-ring (bicyclic) bond motifs is 2. The van der Waals surface area contributed by atoms with Gasteiger partial charge in [0.2, 0.25) is 15.8 Å². The predicted octanol–water partition coefficient (Wildman–Crippen LogP) is 1.43. The number of aliphatic carboxylic acids is 1. The highest BCUT2D eigenvalue weighted by molar-refractivity contribution is 7.98. The first-order chi connectivity index (χ1) is 14.8. The lowest BCUT2D eigenvalue weighted by atomic mass is 9.77. The fourth-order valence-corrected chi connectivity index (χ4v) is 7.00. The molecule has 1 fully saturated rings. The zero-order valence-corrected chi connectivity index (χ0v) is 18.8. The summed E-state index contributed by atoms with van der Waals surface area (Å²) in [7, 11) is 0. The molecule has 162 valence electrons. The number of nitrogens with one attached hydrogen (secondary N) is 1. The predicted molar refractivity (Wildman–Crippen MR) is 114 cm³/mol. The van der Waals surface area contributed by atoms with Gasteiger partial charge in [0.1, 0.15) is 18.4 Å². The number of aromatic nitrogens is 4. The normalized spacial score (nSPS) is 24.1. The number of carbonyl (C=O) groups excluding carboxylic acids is 1. The highest BCUT2D eigenvalue weighted by atomic mass is 32.2. The number of H-pyrrole nitrogens is 1. The van der Waals surface area contributed by atoms with Crippen molar-refractivity contribution in [2.75, 3.05) is 6.26 Å². The quantitative estimate of drug-likeness (QED) is 0.291. The van der Waals surface area contributed by atoms with Crippen LogP contribution < -0.4 is 4.57 Å². The van der Waals surface area contributed by atoms with Crippen molar-refractivity contribution in [3.05, 3.63) is 41.3 Å². The second kappa shape index (κ2) is 7.21. The second-order valence-corrected chi connectivity index (χ2v) is 9.78. The number of nitrogens with zero attached hydrogens (tertiary/aromatic N) is 4. The van der Waals surface area contributed by atoms with Gasteiger partial charge in [-0.05, 0) is 13.2 Å². The maximum atomic E-state index is 12.6. The lowest BCUT2D eigenvalue weighted by molar-refractivity contribution is -0.722. The Balaban J connectivity index is 1.58. The molecule has 0 radical (unpaired) electrons. The van der Waals surface area contributed by atoms with Crippen LogP contribution in [-0.4, -0.2) is 59.8 Å². The number of carboxylic acids is 1. The Hall–Kier alpha value is -2.63. The molecule has 3 aromatic rings. The van der Waals surface area contributed by atoms with Gasteiger partial charge in [0.15, 0.2) is 0 Å². The van der Waals surface area contributed by atoms with Gasteiger partial charge >= 0.3 is 5.97 Å². The van der Waals surface area contributed by atoms with Gasteiger partial charge in [0, 0.05) is 11.5 Å². The van der Waals surface area contributed by atoms with Crippen LogP contribution in [0.25, 0.3) is 10.4 Å². The highest BCUT2D eigenvalue weighted by Crippen LogP contribution is 2.51. The number of hydrogen-bond donors (Lipinski definition) is 3. The van der Waals surface area contributed by atoms with E-state index in [1.807, 2.05) is 30.1 Å². The number of carbonyl (C=O) groups is 2. The van der Waals surface area contributed by atoms with Gasteiger partial charge in [-0.3, -0.25) is 4.79 Å². The Morgan fingerprint density at radius 2 is 2.26 bits per heavy atom. The molecule has 2 aliphatic heterocycles. The smallest absolute Gasteiger partial charge is 0.352 e. The molecular weight excluding hydrogens is 438 g/mol. The Bertz CT molecular complexity index is 1230. The third kappa shape index (κ3) is 2.87. The largest absolute Gasteiger partial charge is 0.477 e. The fraction of sp³-hybridized carbons (Fsp3) is 0.400. The molecule has 3 aromatic heterocycles. The molecule has 11 heteroatoms. The summed E-state index contributed by atoms with van der Waals surface area (Å²) in [5, 5.41) is 21.0. The van der Waals surface area contributed by atoms with E-state index in [4.69, 9.17) is 0 Å². The van der Waals surface area contributed by atoms with E-state index in [1.165, 1.54) is 16.2 Å². The summed E-state index contributed by atoms with van der Waals surface area (Å²) in [5.41, 5.74) is 1.70. The Morgan fingerprint density at radius 3 is 2.87 bits per heavy atom. The summed E-state index contributed by atoms with van der Waals surface area (Å²) in [5.74, 6) is -2.17. The summed E-state index contributed by atoms with van der Waals surface area (Å²) in [4.78, 5) is 35.1. The minimum Gasteiger partial charge on any atom is -0.477 e. The number of thiazole rings is 1. The summed E-state index contributed by atoms with van der Waals surface area (Å²) in [6.07, 6.45) is 8.56. The lowest BCUT2D eigenvalue weighted by Gasteiger charge is -2.46. The van der Waals surface area contributed by atoms with Crippen LogP contribution in [-0.2, 0) is 16.1 Å². The average molecular weight is 461 g/mol. The summed E-state index contributed by atoms with van der Waals surface area (Å²) in [6.45, 7) is 4.18. The van der Waals surface area contributed by atoms with Crippen LogP contribution in [0.5, 0.6) is 0 Å². The molecule has 0 aromatic carbocycles. The van der Waals surface area contributed by atoms with E-state index in [0.717, 1.165) is 20.4 Å². The molecule has 4 atom stereocenters. The monoisotopic (exact) mass is 460 g/mol. The molecule has 0 bridgehead atoms. The fourth-order valence-electron chi connectivity index (χ4n) is 4.82. The van der Waals surface area contributed by atoms with Crippen LogP contribution in [0.1, 0.15) is 24.4 Å². The van der Waals surface area contributed by atoms with Crippen LogP contribution in [0.15, 0.2) is 35.8 Å². The lowest BCUT2D eigenvalue weighted by Crippen LogP contribution is -2.63. The van der Waals surface area contributed by atoms with Gasteiger partial charge in [-0.1, -0.05) is 30.0 Å². The Morgan fingerprint density at radius 1 is 1.48 bits per heavy atom. The van der Waals surface area contributed by atoms with Crippen molar-refractivity contribution in [1.82, 2.24) is 19.3 Å². The molecule has 31 heavy (non-hydrogen) atoms. The SMILES string of the molecule is CSc1c2sc(C3=C(C(=O)O)N4C(=O)[C@H]([C@@H](C)O)[C@H]4[C@H]3C)cn2c[n+]1Cc1cnc[nH]1.